The van der Waals surface area contributed by atoms with Crippen molar-refractivity contribution < 1.29 is 9.90 Å². The van der Waals surface area contributed by atoms with Crippen LogP contribution in [-0.2, 0) is 0 Å². The molecule has 1 saturated carbocycles. The minimum atomic E-state index is -0.429. The molecule has 19 heavy (non-hydrogen) atoms. The first-order valence-electron chi connectivity index (χ1n) is 7.05. The molecule has 0 unspecified atom stereocenters. The van der Waals surface area contributed by atoms with Crippen molar-refractivity contribution in [1.29, 1.82) is 0 Å². The van der Waals surface area contributed by atoms with Crippen LogP contribution >= 0.6 is 0 Å². The SMILES string of the molecule is Cc1cncc(C(=O)NC[C@H](O)C2CCCCC2)c1. The summed E-state index contributed by atoms with van der Waals surface area (Å²) >= 11 is 0. The maximum Gasteiger partial charge on any atom is 0.252 e. The summed E-state index contributed by atoms with van der Waals surface area (Å²) in [6.07, 6.45) is 8.64. The third-order valence-electron chi connectivity index (χ3n) is 3.80. The highest BCUT2D eigenvalue weighted by molar-refractivity contribution is 5.93. The maximum absolute atomic E-state index is 11.9. The molecule has 1 aliphatic carbocycles. The molecule has 2 rings (SSSR count). The van der Waals surface area contributed by atoms with Gasteiger partial charge in [0.15, 0.2) is 0 Å². The first kappa shape index (κ1) is 14.0. The predicted octanol–water partition coefficient (Wildman–Crippen LogP) is 2.06. The van der Waals surface area contributed by atoms with E-state index in [-0.39, 0.29) is 5.91 Å². The van der Waals surface area contributed by atoms with Crippen LogP contribution in [0.25, 0.3) is 0 Å². The molecule has 104 valence electrons. The van der Waals surface area contributed by atoms with Crippen molar-refractivity contribution in [2.24, 2.45) is 5.92 Å². The Labute approximate surface area is 114 Å². The topological polar surface area (TPSA) is 62.2 Å². The summed E-state index contributed by atoms with van der Waals surface area (Å²) in [6, 6.07) is 1.80. The van der Waals surface area contributed by atoms with Crippen LogP contribution in [-0.4, -0.2) is 28.6 Å². The molecule has 0 saturated heterocycles. The van der Waals surface area contributed by atoms with Gasteiger partial charge < -0.3 is 10.4 Å². The van der Waals surface area contributed by atoms with Crippen LogP contribution in [0.15, 0.2) is 18.5 Å². The molecular weight excluding hydrogens is 240 g/mol. The lowest BCUT2D eigenvalue weighted by Crippen LogP contribution is -2.37. The van der Waals surface area contributed by atoms with Gasteiger partial charge in [0.2, 0.25) is 0 Å². The molecule has 1 atom stereocenters. The van der Waals surface area contributed by atoms with E-state index in [0.717, 1.165) is 18.4 Å². The van der Waals surface area contributed by atoms with E-state index >= 15 is 0 Å². The van der Waals surface area contributed by atoms with Crippen LogP contribution < -0.4 is 5.32 Å². The summed E-state index contributed by atoms with van der Waals surface area (Å²) in [5.41, 5.74) is 1.51. The summed E-state index contributed by atoms with van der Waals surface area (Å²) in [4.78, 5) is 15.9. The van der Waals surface area contributed by atoms with Crippen molar-refractivity contribution in [3.05, 3.63) is 29.6 Å². The number of hydrogen-bond donors (Lipinski definition) is 2. The van der Waals surface area contributed by atoms with E-state index in [1.807, 2.05) is 6.92 Å². The molecule has 0 radical (unpaired) electrons. The maximum atomic E-state index is 11.9. The number of hydrogen-bond acceptors (Lipinski definition) is 3. The molecule has 1 amide bonds. The van der Waals surface area contributed by atoms with E-state index in [1.165, 1.54) is 19.3 Å². The monoisotopic (exact) mass is 262 g/mol. The minimum Gasteiger partial charge on any atom is -0.391 e. The Kier molecular flexibility index (Phi) is 4.91. The van der Waals surface area contributed by atoms with Crippen LogP contribution in [0, 0.1) is 12.8 Å². The van der Waals surface area contributed by atoms with Crippen LogP contribution in [0.5, 0.6) is 0 Å². The summed E-state index contributed by atoms with van der Waals surface area (Å²) in [6.45, 7) is 2.23. The van der Waals surface area contributed by atoms with Crippen molar-refractivity contribution in [3.63, 3.8) is 0 Å². The average Bonchev–Trinajstić information content (AvgIpc) is 2.45. The van der Waals surface area contributed by atoms with Crippen molar-refractivity contribution in [1.82, 2.24) is 10.3 Å². The molecule has 4 nitrogen and oxygen atoms in total. The van der Waals surface area contributed by atoms with Crippen LogP contribution in [0.4, 0.5) is 0 Å². The second-order valence-corrected chi connectivity index (χ2v) is 5.43. The standard InChI is InChI=1S/C15H22N2O2/c1-11-7-13(9-16-8-11)15(19)17-10-14(18)12-5-3-2-4-6-12/h7-9,12,14,18H,2-6,10H2,1H3,(H,17,19)/t14-/m0/s1. The summed E-state index contributed by atoms with van der Waals surface area (Å²) in [7, 11) is 0. The number of aliphatic hydroxyl groups excluding tert-OH is 1. The first-order valence-corrected chi connectivity index (χ1v) is 7.05. The van der Waals surface area contributed by atoms with Crippen molar-refractivity contribution in [2.75, 3.05) is 6.54 Å². The highest BCUT2D eigenvalue weighted by atomic mass is 16.3. The van der Waals surface area contributed by atoms with Gasteiger partial charge in [-0.2, -0.15) is 0 Å². The summed E-state index contributed by atoms with van der Waals surface area (Å²) < 4.78 is 0. The fraction of sp³-hybridized carbons (Fsp3) is 0.600. The fourth-order valence-corrected chi connectivity index (χ4v) is 2.66. The van der Waals surface area contributed by atoms with Gasteiger partial charge in [-0.15, -0.1) is 0 Å². The number of aromatic nitrogens is 1. The van der Waals surface area contributed by atoms with Crippen molar-refractivity contribution >= 4 is 5.91 Å². The number of amides is 1. The number of carbonyl (C=O) groups is 1. The zero-order valence-electron chi connectivity index (χ0n) is 11.4. The molecule has 1 aliphatic rings. The van der Waals surface area contributed by atoms with Gasteiger partial charge in [-0.25, -0.2) is 0 Å². The summed E-state index contributed by atoms with van der Waals surface area (Å²) in [5.74, 6) is 0.177. The molecule has 4 heteroatoms. The Morgan fingerprint density at radius 3 is 2.84 bits per heavy atom. The number of carbonyl (C=O) groups excluding carboxylic acids is 1. The highest BCUT2D eigenvalue weighted by Gasteiger charge is 2.22. The largest absolute Gasteiger partial charge is 0.391 e. The molecule has 1 aromatic rings. The Morgan fingerprint density at radius 2 is 2.16 bits per heavy atom. The van der Waals surface area contributed by atoms with E-state index in [2.05, 4.69) is 10.3 Å². The Bertz CT molecular complexity index is 428. The zero-order chi connectivity index (χ0) is 13.7. The molecule has 1 heterocycles. The molecule has 0 spiro atoms. The normalized spacial score (nSPS) is 18.0. The zero-order valence-corrected chi connectivity index (χ0v) is 11.4. The Balaban J connectivity index is 1.82. The number of rotatable bonds is 4. The highest BCUT2D eigenvalue weighted by Crippen LogP contribution is 2.26. The van der Waals surface area contributed by atoms with Gasteiger partial charge in [-0.1, -0.05) is 19.3 Å². The minimum absolute atomic E-state index is 0.161. The molecule has 2 N–H and O–H groups in total. The average molecular weight is 262 g/mol. The van der Waals surface area contributed by atoms with Crippen LogP contribution in [0.2, 0.25) is 0 Å². The van der Waals surface area contributed by atoms with Gasteiger partial charge in [0.05, 0.1) is 11.7 Å². The molecule has 1 fully saturated rings. The first-order chi connectivity index (χ1) is 9.16. The lowest BCUT2D eigenvalue weighted by Gasteiger charge is -2.26. The fourth-order valence-electron chi connectivity index (χ4n) is 2.66. The third-order valence-corrected chi connectivity index (χ3v) is 3.80. The molecule has 1 aromatic heterocycles. The van der Waals surface area contributed by atoms with Gasteiger partial charge in [0.25, 0.3) is 5.91 Å². The third kappa shape index (κ3) is 4.03. The number of nitrogens with one attached hydrogen (secondary N) is 1. The Hall–Kier alpha value is -1.42. The van der Waals surface area contributed by atoms with Crippen LogP contribution in [0.3, 0.4) is 0 Å². The number of pyridine rings is 1. The van der Waals surface area contributed by atoms with Crippen molar-refractivity contribution in [3.8, 4) is 0 Å². The van der Waals surface area contributed by atoms with Gasteiger partial charge in [0.1, 0.15) is 0 Å². The van der Waals surface area contributed by atoms with Gasteiger partial charge >= 0.3 is 0 Å². The lowest BCUT2D eigenvalue weighted by atomic mass is 9.85. The predicted molar refractivity (Wildman–Crippen MR) is 73.9 cm³/mol. The molecule has 0 aliphatic heterocycles. The quantitative estimate of drug-likeness (QED) is 0.873. The van der Waals surface area contributed by atoms with Crippen molar-refractivity contribution in [2.45, 2.75) is 45.1 Å². The van der Waals surface area contributed by atoms with E-state index in [4.69, 9.17) is 0 Å². The molecule has 0 aromatic carbocycles. The number of aliphatic hydroxyl groups is 1. The second kappa shape index (κ2) is 6.66. The van der Waals surface area contributed by atoms with Crippen LogP contribution in [0.1, 0.15) is 48.0 Å². The Morgan fingerprint density at radius 1 is 1.42 bits per heavy atom. The smallest absolute Gasteiger partial charge is 0.252 e. The lowest BCUT2D eigenvalue weighted by molar-refractivity contribution is 0.0738. The molecular formula is C15H22N2O2. The number of aryl methyl sites for hydroxylation is 1. The second-order valence-electron chi connectivity index (χ2n) is 5.43. The van der Waals surface area contributed by atoms with E-state index in [0.29, 0.717) is 18.0 Å². The van der Waals surface area contributed by atoms with E-state index in [1.54, 1.807) is 18.5 Å². The van der Waals surface area contributed by atoms with Gasteiger partial charge in [0, 0.05) is 18.9 Å². The van der Waals surface area contributed by atoms with E-state index in [9.17, 15) is 9.90 Å². The van der Waals surface area contributed by atoms with Gasteiger partial charge in [-0.05, 0) is 37.3 Å². The summed E-state index contributed by atoms with van der Waals surface area (Å²) in [5, 5.41) is 12.9. The van der Waals surface area contributed by atoms with E-state index < -0.39 is 6.10 Å². The molecule has 0 bridgehead atoms. The number of nitrogens with zero attached hydrogens (tertiary/aromatic N) is 1. The van der Waals surface area contributed by atoms with Gasteiger partial charge in [-0.3, -0.25) is 9.78 Å².